The van der Waals surface area contributed by atoms with Gasteiger partial charge in [-0.2, -0.15) is 27.1 Å². The van der Waals surface area contributed by atoms with Crippen LogP contribution in [-0.2, 0) is 9.48 Å². The highest BCUT2D eigenvalue weighted by Gasteiger charge is 2.40. The predicted molar refractivity (Wildman–Crippen MR) is 100 cm³/mol. The molecule has 26 heavy (non-hydrogen) atoms. The summed E-state index contributed by atoms with van der Waals surface area (Å²) in [5, 5.41) is 13.6. The molecule has 9 nitrogen and oxygen atoms in total. The molecule has 2 aromatic rings. The molecule has 0 spiro atoms. The zero-order chi connectivity index (χ0) is 18.3. The smallest absolute Gasteiger partial charge is 0.230 e. The number of rotatable bonds is 4. The zero-order valence-electron chi connectivity index (χ0n) is 15.3. The van der Waals surface area contributed by atoms with Gasteiger partial charge in [-0.15, -0.1) is 5.10 Å². The number of ether oxygens (including phenoxy) is 2. The molecule has 2 atom stereocenters. The van der Waals surface area contributed by atoms with Crippen LogP contribution in [0.2, 0.25) is 0 Å². The molecule has 0 aromatic carbocycles. The number of morpholine rings is 1. The Morgan fingerprint density at radius 3 is 2.88 bits per heavy atom. The lowest BCUT2D eigenvalue weighted by molar-refractivity contribution is 0.0483. The molecular weight excluding hydrogens is 354 g/mol. The molecule has 0 amide bonds. The van der Waals surface area contributed by atoms with Gasteiger partial charge in [-0.3, -0.25) is 0 Å². The second-order valence-corrected chi connectivity index (χ2v) is 8.43. The van der Waals surface area contributed by atoms with Crippen molar-refractivity contribution < 1.29 is 9.47 Å². The van der Waals surface area contributed by atoms with Crippen LogP contribution in [0.15, 0.2) is 6.20 Å². The zero-order valence-corrected chi connectivity index (χ0v) is 16.1. The molecule has 0 bridgehead atoms. The molecule has 0 unspecified atom stereocenters. The fraction of sp³-hybridized carbons (Fsp3) is 0.625. The van der Waals surface area contributed by atoms with Crippen LogP contribution < -0.4 is 15.0 Å². The van der Waals surface area contributed by atoms with Gasteiger partial charge in [-0.25, -0.2) is 4.98 Å². The summed E-state index contributed by atoms with van der Waals surface area (Å²) in [7, 11) is 0. The first-order valence-corrected chi connectivity index (χ1v) is 9.81. The maximum Gasteiger partial charge on any atom is 0.230 e. The Labute approximate surface area is 156 Å². The summed E-state index contributed by atoms with van der Waals surface area (Å²) in [6.07, 6.45) is 3.67. The van der Waals surface area contributed by atoms with Gasteiger partial charge in [0.1, 0.15) is 12.3 Å². The summed E-state index contributed by atoms with van der Waals surface area (Å²) in [5.41, 5.74) is 0.873. The molecule has 1 fully saturated rings. The van der Waals surface area contributed by atoms with E-state index < -0.39 is 0 Å². The molecule has 1 saturated heterocycles. The van der Waals surface area contributed by atoms with E-state index >= 15 is 0 Å². The summed E-state index contributed by atoms with van der Waals surface area (Å²) in [5.74, 6) is 2.63. The number of nitrogens with one attached hydrogen (secondary N) is 2. The third-order valence-corrected chi connectivity index (χ3v) is 6.00. The largest absolute Gasteiger partial charge is 0.486 e. The summed E-state index contributed by atoms with van der Waals surface area (Å²) >= 11 is 1.72. The van der Waals surface area contributed by atoms with Crippen molar-refractivity contribution >= 4 is 29.3 Å². The lowest BCUT2D eigenvalue weighted by atomic mass is 10.0. The number of aromatic nitrogens is 5. The van der Waals surface area contributed by atoms with Crippen LogP contribution in [0.1, 0.15) is 26.5 Å². The van der Waals surface area contributed by atoms with Crippen LogP contribution in [0.3, 0.4) is 0 Å². The molecule has 0 saturated carbocycles. The first-order chi connectivity index (χ1) is 12.5. The Hall–Kier alpha value is -2.07. The maximum atomic E-state index is 6.13. The number of fused-ring (bicyclic) bond motifs is 3. The number of anilines is 3. The van der Waals surface area contributed by atoms with Crippen molar-refractivity contribution in [3.8, 4) is 5.75 Å². The van der Waals surface area contributed by atoms with Gasteiger partial charge in [-0.1, -0.05) is 0 Å². The van der Waals surface area contributed by atoms with E-state index in [2.05, 4.69) is 52.7 Å². The summed E-state index contributed by atoms with van der Waals surface area (Å²) in [4.78, 5) is 11.8. The van der Waals surface area contributed by atoms with Crippen molar-refractivity contribution in [1.82, 2.24) is 25.4 Å². The van der Waals surface area contributed by atoms with Crippen LogP contribution in [0.25, 0.3) is 0 Å². The molecule has 0 aliphatic carbocycles. The van der Waals surface area contributed by atoms with E-state index in [1.165, 1.54) is 0 Å². The molecule has 0 radical (unpaired) electrons. The topological polar surface area (TPSA) is 101 Å². The minimum atomic E-state index is -0.227. The van der Waals surface area contributed by atoms with Crippen LogP contribution in [0.5, 0.6) is 5.75 Å². The van der Waals surface area contributed by atoms with Gasteiger partial charge >= 0.3 is 0 Å². The van der Waals surface area contributed by atoms with E-state index in [1.54, 1.807) is 18.0 Å². The van der Waals surface area contributed by atoms with E-state index in [9.17, 15) is 0 Å². The normalized spacial score (nSPS) is 22.4. The molecule has 2 N–H and O–H groups in total. The third kappa shape index (κ3) is 2.96. The van der Waals surface area contributed by atoms with Gasteiger partial charge in [0.25, 0.3) is 0 Å². The molecule has 140 valence electrons. The second-order valence-electron chi connectivity index (χ2n) is 7.00. The lowest BCUT2D eigenvalue weighted by Gasteiger charge is -2.45. The van der Waals surface area contributed by atoms with Gasteiger partial charge in [0, 0.05) is 0 Å². The highest BCUT2D eigenvalue weighted by molar-refractivity contribution is 7.99. The van der Waals surface area contributed by atoms with Crippen molar-refractivity contribution in [2.45, 2.75) is 37.6 Å². The first-order valence-electron chi connectivity index (χ1n) is 8.59. The molecular formula is C16H23N7O2S. The Morgan fingerprint density at radius 1 is 1.31 bits per heavy atom. The van der Waals surface area contributed by atoms with Crippen LogP contribution in [-0.4, -0.2) is 63.5 Å². The van der Waals surface area contributed by atoms with Crippen LogP contribution in [0.4, 0.5) is 17.6 Å². The monoisotopic (exact) mass is 377 g/mol. The molecule has 2 aliphatic heterocycles. The van der Waals surface area contributed by atoms with Crippen molar-refractivity contribution in [3.63, 3.8) is 0 Å². The third-order valence-electron chi connectivity index (χ3n) is 4.79. The van der Waals surface area contributed by atoms with Crippen LogP contribution >= 0.6 is 11.8 Å². The number of nitrogens with zero attached hydrogens (tertiary/aromatic N) is 5. The van der Waals surface area contributed by atoms with Gasteiger partial charge in [0.15, 0.2) is 17.4 Å². The average Bonchev–Trinajstić information content (AvgIpc) is 3.14. The molecule has 2 aromatic heterocycles. The standard InChI is InChI=1S/C16H23N7O2S/c1-9-6-24-7-10-8-25-12-13(16(2,3)26-4)19-15(20-14(12)23(9)10)18-11-5-17-22-21-11/h5,9-10H,6-8H2,1-4H3,(H2,17,18,19,20,21,22)/t9-,10+/m1/s1. The van der Waals surface area contributed by atoms with Gasteiger partial charge in [0.05, 0.1) is 36.2 Å². The van der Waals surface area contributed by atoms with Crippen molar-refractivity contribution in [1.29, 1.82) is 0 Å². The van der Waals surface area contributed by atoms with E-state index in [0.717, 1.165) is 17.3 Å². The molecule has 4 heterocycles. The van der Waals surface area contributed by atoms with Gasteiger partial charge in [0.2, 0.25) is 5.95 Å². The predicted octanol–water partition coefficient (Wildman–Crippen LogP) is 1.92. The molecule has 2 aliphatic rings. The quantitative estimate of drug-likeness (QED) is 0.827. The Kier molecular flexibility index (Phi) is 4.39. The van der Waals surface area contributed by atoms with Crippen molar-refractivity contribution in [3.05, 3.63) is 11.9 Å². The highest BCUT2D eigenvalue weighted by atomic mass is 32.2. The van der Waals surface area contributed by atoms with Crippen molar-refractivity contribution in [2.75, 3.05) is 36.3 Å². The van der Waals surface area contributed by atoms with Crippen molar-refractivity contribution in [2.24, 2.45) is 0 Å². The minimum Gasteiger partial charge on any atom is -0.486 e. The van der Waals surface area contributed by atoms with Crippen LogP contribution in [0, 0.1) is 0 Å². The number of hydrogen-bond donors (Lipinski definition) is 2. The fourth-order valence-electron chi connectivity index (χ4n) is 3.27. The van der Waals surface area contributed by atoms with E-state index in [4.69, 9.17) is 19.4 Å². The van der Waals surface area contributed by atoms with E-state index in [0.29, 0.717) is 31.6 Å². The summed E-state index contributed by atoms with van der Waals surface area (Å²) in [6.45, 7) is 8.31. The summed E-state index contributed by atoms with van der Waals surface area (Å²) < 4.78 is 11.6. The Balaban J connectivity index is 1.83. The number of hydrogen-bond acceptors (Lipinski definition) is 9. The first kappa shape index (κ1) is 17.3. The Bertz CT molecular complexity index is 783. The summed E-state index contributed by atoms with van der Waals surface area (Å²) in [6, 6.07) is 0.378. The van der Waals surface area contributed by atoms with E-state index in [-0.39, 0.29) is 16.8 Å². The number of aromatic amines is 1. The molecule has 4 rings (SSSR count). The minimum absolute atomic E-state index is 0.159. The van der Waals surface area contributed by atoms with Gasteiger partial charge in [-0.05, 0) is 27.0 Å². The maximum absolute atomic E-state index is 6.13. The second kappa shape index (κ2) is 6.58. The molecule has 10 heteroatoms. The van der Waals surface area contributed by atoms with E-state index in [1.807, 2.05) is 0 Å². The number of thioether (sulfide) groups is 1. The van der Waals surface area contributed by atoms with Gasteiger partial charge < -0.3 is 19.7 Å². The number of H-pyrrole nitrogens is 1. The fourth-order valence-corrected chi connectivity index (χ4v) is 3.60. The lowest BCUT2D eigenvalue weighted by Crippen LogP contribution is -2.56. The Morgan fingerprint density at radius 2 is 2.15 bits per heavy atom. The average molecular weight is 377 g/mol. The SMILES string of the molecule is CSC(C)(C)c1nc(Nc2cn[nH]n2)nc2c1OC[C@@H]1COC[C@@H](C)N21. The highest BCUT2D eigenvalue weighted by Crippen LogP contribution is 2.45.